The molecular weight excluding hydrogens is 380 g/mol. The van der Waals surface area contributed by atoms with E-state index >= 15 is 0 Å². The van der Waals surface area contributed by atoms with Gasteiger partial charge in [-0.25, -0.2) is 4.39 Å². The lowest BCUT2D eigenvalue weighted by molar-refractivity contribution is -0.275. The van der Waals surface area contributed by atoms with Gasteiger partial charge in [-0.15, -0.1) is 24.5 Å². The molecule has 0 aliphatic carbocycles. The Kier molecular flexibility index (Phi) is 5.52. The normalized spacial score (nSPS) is 17.5. The van der Waals surface area contributed by atoms with Gasteiger partial charge in [0.25, 0.3) is 0 Å². The lowest BCUT2D eigenvalue weighted by Crippen LogP contribution is -2.45. The SMILES string of the molecule is Fc1cc([C@H](c2ccc(Cl)s2)N2CCNCC2)ccc1OC(F)(F)F. The van der Waals surface area contributed by atoms with E-state index in [1.54, 1.807) is 6.07 Å². The standard InChI is InChI=1S/C16H15ClF4N2OS/c17-14-4-3-13(25-14)15(23-7-5-22-6-8-23)10-1-2-12(11(18)9-10)24-16(19,20)21/h1-4,9,15,22H,5-8H2/t15-/m1/s1. The molecule has 0 radical (unpaired) electrons. The first-order chi connectivity index (χ1) is 11.8. The number of hydrogen-bond acceptors (Lipinski definition) is 4. The van der Waals surface area contributed by atoms with Crippen molar-refractivity contribution in [3.05, 3.63) is 50.9 Å². The van der Waals surface area contributed by atoms with E-state index in [1.807, 2.05) is 6.07 Å². The third kappa shape index (κ3) is 4.63. The van der Waals surface area contributed by atoms with Crippen molar-refractivity contribution in [3.63, 3.8) is 0 Å². The van der Waals surface area contributed by atoms with Gasteiger partial charge in [0.2, 0.25) is 0 Å². The van der Waals surface area contributed by atoms with E-state index in [2.05, 4.69) is 15.0 Å². The van der Waals surface area contributed by atoms with E-state index in [-0.39, 0.29) is 6.04 Å². The molecule has 3 nitrogen and oxygen atoms in total. The molecule has 0 unspecified atom stereocenters. The van der Waals surface area contributed by atoms with Crippen molar-refractivity contribution < 1.29 is 22.3 Å². The summed E-state index contributed by atoms with van der Waals surface area (Å²) in [6.45, 7) is 3.05. The van der Waals surface area contributed by atoms with Crippen LogP contribution < -0.4 is 10.1 Å². The Bertz CT molecular complexity index is 731. The first-order valence-electron chi connectivity index (χ1n) is 7.59. The Morgan fingerprint density at radius 3 is 2.44 bits per heavy atom. The molecule has 1 aliphatic heterocycles. The summed E-state index contributed by atoms with van der Waals surface area (Å²) in [4.78, 5) is 3.06. The average Bonchev–Trinajstić information content (AvgIpc) is 2.96. The molecule has 1 atom stereocenters. The molecule has 1 aromatic heterocycles. The highest BCUT2D eigenvalue weighted by molar-refractivity contribution is 7.16. The summed E-state index contributed by atoms with van der Waals surface area (Å²) in [6.07, 6.45) is -4.93. The molecule has 1 N–H and O–H groups in total. The fourth-order valence-electron chi connectivity index (χ4n) is 2.87. The Morgan fingerprint density at radius 1 is 1.16 bits per heavy atom. The second-order valence-corrected chi connectivity index (χ2v) is 7.31. The molecular formula is C16H15ClF4N2OS. The molecule has 0 saturated carbocycles. The van der Waals surface area contributed by atoms with Gasteiger partial charge in [0.1, 0.15) is 0 Å². The Hall–Kier alpha value is -1.35. The van der Waals surface area contributed by atoms with Gasteiger partial charge in [-0.3, -0.25) is 4.90 Å². The molecule has 136 valence electrons. The van der Waals surface area contributed by atoms with E-state index in [4.69, 9.17) is 11.6 Å². The van der Waals surface area contributed by atoms with Gasteiger partial charge in [-0.2, -0.15) is 0 Å². The fraction of sp³-hybridized carbons (Fsp3) is 0.375. The number of thiophene rings is 1. The minimum Gasteiger partial charge on any atom is -0.403 e. The van der Waals surface area contributed by atoms with E-state index < -0.39 is 17.9 Å². The zero-order valence-corrected chi connectivity index (χ0v) is 14.5. The van der Waals surface area contributed by atoms with Crippen molar-refractivity contribution in [2.45, 2.75) is 12.4 Å². The van der Waals surface area contributed by atoms with Crippen LogP contribution in [0.4, 0.5) is 17.6 Å². The highest BCUT2D eigenvalue weighted by Crippen LogP contribution is 2.37. The molecule has 1 aromatic carbocycles. The van der Waals surface area contributed by atoms with Crippen LogP contribution in [-0.2, 0) is 0 Å². The number of nitrogens with one attached hydrogen (secondary N) is 1. The maximum absolute atomic E-state index is 14.2. The molecule has 9 heteroatoms. The third-order valence-electron chi connectivity index (χ3n) is 3.88. The van der Waals surface area contributed by atoms with Crippen molar-refractivity contribution in [2.75, 3.05) is 26.2 Å². The van der Waals surface area contributed by atoms with Crippen molar-refractivity contribution in [1.82, 2.24) is 10.2 Å². The van der Waals surface area contributed by atoms with Gasteiger partial charge < -0.3 is 10.1 Å². The third-order valence-corrected chi connectivity index (χ3v) is 5.16. The smallest absolute Gasteiger partial charge is 0.403 e. The second-order valence-electron chi connectivity index (χ2n) is 5.57. The monoisotopic (exact) mass is 394 g/mol. The Labute approximate surface area is 151 Å². The van der Waals surface area contributed by atoms with Crippen molar-refractivity contribution in [3.8, 4) is 5.75 Å². The van der Waals surface area contributed by atoms with Crippen LogP contribution in [0.3, 0.4) is 0 Å². The van der Waals surface area contributed by atoms with Gasteiger partial charge in [0.15, 0.2) is 11.6 Å². The Balaban J connectivity index is 1.94. The van der Waals surface area contributed by atoms with Crippen LogP contribution in [0.5, 0.6) is 5.75 Å². The van der Waals surface area contributed by atoms with E-state index in [0.29, 0.717) is 9.90 Å². The first-order valence-corrected chi connectivity index (χ1v) is 8.78. The highest BCUT2D eigenvalue weighted by atomic mass is 35.5. The molecule has 0 bridgehead atoms. The van der Waals surface area contributed by atoms with E-state index in [0.717, 1.165) is 43.2 Å². The largest absolute Gasteiger partial charge is 0.573 e. The molecule has 25 heavy (non-hydrogen) atoms. The molecule has 0 amide bonds. The summed E-state index contributed by atoms with van der Waals surface area (Å²) < 4.78 is 55.4. The van der Waals surface area contributed by atoms with E-state index in [9.17, 15) is 17.6 Å². The van der Waals surface area contributed by atoms with Crippen LogP contribution in [0.15, 0.2) is 30.3 Å². The van der Waals surface area contributed by atoms with E-state index in [1.165, 1.54) is 17.4 Å². The number of nitrogens with zero attached hydrogens (tertiary/aromatic N) is 1. The van der Waals surface area contributed by atoms with Gasteiger partial charge in [-0.05, 0) is 29.8 Å². The number of ether oxygens (including phenoxy) is 1. The minimum absolute atomic E-state index is 0.269. The summed E-state index contributed by atoms with van der Waals surface area (Å²) in [7, 11) is 0. The van der Waals surface area contributed by atoms with Crippen LogP contribution in [0.1, 0.15) is 16.5 Å². The summed E-state index contributed by atoms with van der Waals surface area (Å²) >= 11 is 7.40. The fourth-order valence-corrected chi connectivity index (χ4v) is 4.09. The van der Waals surface area contributed by atoms with Gasteiger partial charge in [0.05, 0.1) is 10.4 Å². The van der Waals surface area contributed by atoms with Crippen LogP contribution in [0.25, 0.3) is 0 Å². The number of rotatable bonds is 4. The summed E-state index contributed by atoms with van der Waals surface area (Å²) in [5.41, 5.74) is 0.562. The summed E-state index contributed by atoms with van der Waals surface area (Å²) in [5, 5.41) is 3.24. The molecule has 2 heterocycles. The molecule has 1 saturated heterocycles. The highest BCUT2D eigenvalue weighted by Gasteiger charge is 2.33. The number of benzene rings is 1. The zero-order chi connectivity index (χ0) is 18.0. The second kappa shape index (κ2) is 7.49. The quantitative estimate of drug-likeness (QED) is 0.776. The Morgan fingerprint density at radius 2 is 1.88 bits per heavy atom. The van der Waals surface area contributed by atoms with Gasteiger partial charge in [0, 0.05) is 31.1 Å². The van der Waals surface area contributed by atoms with Crippen molar-refractivity contribution in [1.29, 1.82) is 0 Å². The van der Waals surface area contributed by atoms with Crippen molar-refractivity contribution in [2.24, 2.45) is 0 Å². The van der Waals surface area contributed by atoms with Gasteiger partial charge in [-0.1, -0.05) is 17.7 Å². The number of hydrogen-bond donors (Lipinski definition) is 1. The summed E-state index contributed by atoms with van der Waals surface area (Å²) in [5.74, 6) is -1.88. The molecule has 3 rings (SSSR count). The number of halogens is 5. The predicted molar refractivity (Wildman–Crippen MR) is 88.7 cm³/mol. The zero-order valence-electron chi connectivity index (χ0n) is 12.9. The topological polar surface area (TPSA) is 24.5 Å². The maximum Gasteiger partial charge on any atom is 0.573 e. The average molecular weight is 395 g/mol. The number of piperazine rings is 1. The number of alkyl halides is 3. The van der Waals surface area contributed by atoms with Crippen LogP contribution in [0, 0.1) is 5.82 Å². The van der Waals surface area contributed by atoms with Crippen LogP contribution in [-0.4, -0.2) is 37.4 Å². The van der Waals surface area contributed by atoms with Crippen LogP contribution in [0.2, 0.25) is 4.34 Å². The van der Waals surface area contributed by atoms with Crippen LogP contribution >= 0.6 is 22.9 Å². The maximum atomic E-state index is 14.2. The molecule has 1 aliphatic rings. The lowest BCUT2D eigenvalue weighted by atomic mass is 10.0. The first kappa shape index (κ1) is 18.4. The predicted octanol–water partition coefficient (Wildman–Crippen LogP) is 4.43. The lowest BCUT2D eigenvalue weighted by Gasteiger charge is -2.34. The minimum atomic E-state index is -4.93. The summed E-state index contributed by atoms with van der Waals surface area (Å²) in [6, 6.07) is 6.93. The molecule has 1 fully saturated rings. The van der Waals surface area contributed by atoms with Crippen molar-refractivity contribution >= 4 is 22.9 Å². The van der Waals surface area contributed by atoms with Gasteiger partial charge >= 0.3 is 6.36 Å². The molecule has 0 spiro atoms. The molecule has 2 aromatic rings.